The van der Waals surface area contributed by atoms with E-state index in [4.69, 9.17) is 9.73 Å². The molecule has 1 N–H and O–H groups in total. The first-order valence-electron chi connectivity index (χ1n) is 10.4. The van der Waals surface area contributed by atoms with Gasteiger partial charge in [-0.15, -0.1) is 0 Å². The molecule has 4 atom stereocenters. The van der Waals surface area contributed by atoms with Gasteiger partial charge in [0.2, 0.25) is 0 Å². The van der Waals surface area contributed by atoms with E-state index in [2.05, 4.69) is 22.2 Å². The maximum Gasteiger partial charge on any atom is 0.194 e. The van der Waals surface area contributed by atoms with Crippen LogP contribution in [0.3, 0.4) is 0 Å². The van der Waals surface area contributed by atoms with E-state index in [1.54, 1.807) is 0 Å². The van der Waals surface area contributed by atoms with E-state index in [1.807, 2.05) is 24.1 Å². The van der Waals surface area contributed by atoms with Gasteiger partial charge in [0, 0.05) is 38.4 Å². The second-order valence-electron chi connectivity index (χ2n) is 8.21. The number of fused-ring (bicyclic) bond motifs is 2. The highest BCUT2D eigenvalue weighted by atomic mass is 16.5. The quantitative estimate of drug-likeness (QED) is 0.648. The number of aliphatic imine (C=N–C) groups is 1. The molecule has 3 aliphatic rings. The van der Waals surface area contributed by atoms with Gasteiger partial charge in [0.15, 0.2) is 5.96 Å². The molecule has 0 spiro atoms. The van der Waals surface area contributed by atoms with Crippen LogP contribution < -0.4 is 5.32 Å². The summed E-state index contributed by atoms with van der Waals surface area (Å²) in [5, 5.41) is 7.77. The monoisotopic (exact) mass is 359 g/mol. The molecule has 2 heterocycles. The second-order valence-corrected chi connectivity index (χ2v) is 8.21. The van der Waals surface area contributed by atoms with Crippen LogP contribution in [0.15, 0.2) is 17.4 Å². The van der Waals surface area contributed by atoms with Gasteiger partial charge in [0.1, 0.15) is 6.10 Å². The molecule has 1 aromatic heterocycles. The van der Waals surface area contributed by atoms with Crippen LogP contribution in [0.2, 0.25) is 0 Å². The van der Waals surface area contributed by atoms with Crippen LogP contribution in [0.5, 0.6) is 0 Å². The fourth-order valence-corrected chi connectivity index (χ4v) is 5.14. The largest absolute Gasteiger partial charge is 0.370 e. The van der Waals surface area contributed by atoms with Crippen molar-refractivity contribution in [2.24, 2.45) is 29.8 Å². The van der Waals surface area contributed by atoms with E-state index < -0.39 is 0 Å². The summed E-state index contributed by atoms with van der Waals surface area (Å²) in [6.45, 7) is 6.47. The molecule has 0 radical (unpaired) electrons. The van der Waals surface area contributed by atoms with E-state index in [0.717, 1.165) is 62.1 Å². The van der Waals surface area contributed by atoms with Gasteiger partial charge in [-0.25, -0.2) is 0 Å². The van der Waals surface area contributed by atoms with Crippen LogP contribution in [0.25, 0.3) is 0 Å². The van der Waals surface area contributed by atoms with Crippen molar-refractivity contribution in [2.45, 2.75) is 45.1 Å². The summed E-state index contributed by atoms with van der Waals surface area (Å²) >= 11 is 0. The SMILES string of the molecule is CCNC(=NCCC1CC2CCC1C2)N1CCOC(c2cnn(C)c2)C1. The number of ether oxygens (including phenoxy) is 1. The van der Waals surface area contributed by atoms with Crippen molar-refractivity contribution >= 4 is 5.96 Å². The highest BCUT2D eigenvalue weighted by molar-refractivity contribution is 5.80. The number of nitrogens with zero attached hydrogens (tertiary/aromatic N) is 4. The van der Waals surface area contributed by atoms with Gasteiger partial charge >= 0.3 is 0 Å². The minimum atomic E-state index is 0.0758. The summed E-state index contributed by atoms with van der Waals surface area (Å²) in [5.74, 6) is 4.00. The smallest absolute Gasteiger partial charge is 0.194 e. The lowest BCUT2D eigenvalue weighted by molar-refractivity contribution is -0.00805. The van der Waals surface area contributed by atoms with E-state index in [9.17, 15) is 0 Å². The Morgan fingerprint density at radius 1 is 1.38 bits per heavy atom. The molecule has 2 bridgehead atoms. The second kappa shape index (κ2) is 7.99. The number of aryl methyl sites for hydroxylation is 1. The lowest BCUT2D eigenvalue weighted by Crippen LogP contribution is -2.48. The lowest BCUT2D eigenvalue weighted by Gasteiger charge is -2.35. The first-order valence-corrected chi connectivity index (χ1v) is 10.4. The Bertz CT molecular complexity index is 627. The predicted octanol–water partition coefficient (Wildman–Crippen LogP) is 2.59. The van der Waals surface area contributed by atoms with Gasteiger partial charge in [0.25, 0.3) is 0 Å². The van der Waals surface area contributed by atoms with Crippen LogP contribution in [-0.2, 0) is 11.8 Å². The average Bonchev–Trinajstić information content (AvgIpc) is 3.38. The maximum absolute atomic E-state index is 5.98. The third-order valence-electron chi connectivity index (χ3n) is 6.44. The molecule has 3 fully saturated rings. The van der Waals surface area contributed by atoms with Crippen LogP contribution in [0.4, 0.5) is 0 Å². The number of rotatable bonds is 5. The third kappa shape index (κ3) is 3.90. The molecule has 0 aromatic carbocycles. The first kappa shape index (κ1) is 17.8. The molecule has 1 aromatic rings. The van der Waals surface area contributed by atoms with Gasteiger partial charge < -0.3 is 15.0 Å². The molecule has 1 aliphatic heterocycles. The molecule has 2 aliphatic carbocycles. The summed E-state index contributed by atoms with van der Waals surface area (Å²) in [7, 11) is 1.95. The maximum atomic E-state index is 5.98. The third-order valence-corrected chi connectivity index (χ3v) is 6.44. The summed E-state index contributed by atoms with van der Waals surface area (Å²) in [4.78, 5) is 7.33. The molecule has 6 nitrogen and oxygen atoms in total. The minimum absolute atomic E-state index is 0.0758. The van der Waals surface area contributed by atoms with Gasteiger partial charge in [0.05, 0.1) is 19.3 Å². The van der Waals surface area contributed by atoms with E-state index in [0.29, 0.717) is 0 Å². The highest BCUT2D eigenvalue weighted by Gasteiger charge is 2.38. The number of hydrogen-bond acceptors (Lipinski definition) is 3. The molecule has 0 amide bonds. The standard InChI is InChI=1S/C20H33N5O/c1-3-21-20(22-7-6-17-11-15-4-5-16(17)10-15)25-8-9-26-19(14-25)18-12-23-24(2)13-18/h12-13,15-17,19H,3-11,14H2,1-2H3,(H,21,22). The number of guanidine groups is 1. The van der Waals surface area contributed by atoms with Crippen molar-refractivity contribution in [1.29, 1.82) is 0 Å². The van der Waals surface area contributed by atoms with Crippen LogP contribution >= 0.6 is 0 Å². The Morgan fingerprint density at radius 3 is 3.00 bits per heavy atom. The van der Waals surface area contributed by atoms with Crippen molar-refractivity contribution < 1.29 is 4.74 Å². The van der Waals surface area contributed by atoms with Gasteiger partial charge in [-0.2, -0.15) is 5.10 Å². The summed E-state index contributed by atoms with van der Waals surface area (Å²) < 4.78 is 7.82. The molecular formula is C20H33N5O. The first-order chi connectivity index (χ1) is 12.7. The molecule has 6 heteroatoms. The van der Waals surface area contributed by atoms with Crippen LogP contribution in [0.1, 0.15) is 50.7 Å². The Hall–Kier alpha value is -1.56. The Kier molecular flexibility index (Phi) is 5.48. The Balaban J connectivity index is 1.35. The van der Waals surface area contributed by atoms with Crippen molar-refractivity contribution in [1.82, 2.24) is 20.0 Å². The molecule has 4 unspecified atom stereocenters. The number of aromatic nitrogens is 2. The summed E-state index contributed by atoms with van der Waals surface area (Å²) in [5.41, 5.74) is 1.15. The summed E-state index contributed by atoms with van der Waals surface area (Å²) in [6.07, 6.45) is 11.2. The zero-order valence-corrected chi connectivity index (χ0v) is 16.2. The normalized spacial score (nSPS) is 31.6. The number of nitrogens with one attached hydrogen (secondary N) is 1. The van der Waals surface area contributed by atoms with Crippen LogP contribution in [-0.4, -0.2) is 53.4 Å². The molecule has 144 valence electrons. The average molecular weight is 360 g/mol. The zero-order chi connectivity index (χ0) is 17.9. The minimum Gasteiger partial charge on any atom is -0.370 e. The number of morpholine rings is 1. The van der Waals surface area contributed by atoms with E-state index in [-0.39, 0.29) is 6.10 Å². The molecule has 2 saturated carbocycles. The predicted molar refractivity (Wildman–Crippen MR) is 103 cm³/mol. The Morgan fingerprint density at radius 2 is 2.31 bits per heavy atom. The van der Waals surface area contributed by atoms with E-state index in [1.165, 1.54) is 32.1 Å². The Labute approximate surface area is 157 Å². The van der Waals surface area contributed by atoms with Crippen molar-refractivity contribution in [2.75, 3.05) is 32.8 Å². The molecule has 26 heavy (non-hydrogen) atoms. The fraction of sp³-hybridized carbons (Fsp3) is 0.800. The topological polar surface area (TPSA) is 54.7 Å². The fourth-order valence-electron chi connectivity index (χ4n) is 5.14. The zero-order valence-electron chi connectivity index (χ0n) is 16.2. The van der Waals surface area contributed by atoms with Gasteiger partial charge in [-0.3, -0.25) is 9.67 Å². The number of hydrogen-bond donors (Lipinski definition) is 1. The van der Waals surface area contributed by atoms with Crippen molar-refractivity contribution in [3.05, 3.63) is 18.0 Å². The summed E-state index contributed by atoms with van der Waals surface area (Å²) in [6, 6.07) is 0. The van der Waals surface area contributed by atoms with Crippen molar-refractivity contribution in [3.8, 4) is 0 Å². The van der Waals surface area contributed by atoms with Crippen molar-refractivity contribution in [3.63, 3.8) is 0 Å². The van der Waals surface area contributed by atoms with Crippen LogP contribution in [0, 0.1) is 17.8 Å². The molecule has 4 rings (SSSR count). The molecule has 1 saturated heterocycles. The van der Waals surface area contributed by atoms with Gasteiger partial charge in [-0.1, -0.05) is 6.42 Å². The lowest BCUT2D eigenvalue weighted by atomic mass is 9.86. The highest BCUT2D eigenvalue weighted by Crippen LogP contribution is 2.49. The van der Waals surface area contributed by atoms with Gasteiger partial charge in [-0.05, 0) is 50.4 Å². The van der Waals surface area contributed by atoms with E-state index >= 15 is 0 Å². The molecular weight excluding hydrogens is 326 g/mol.